The van der Waals surface area contributed by atoms with E-state index in [-0.39, 0.29) is 6.04 Å². The van der Waals surface area contributed by atoms with Crippen LogP contribution in [0.5, 0.6) is 0 Å². The van der Waals surface area contributed by atoms with Crippen molar-refractivity contribution in [3.8, 4) is 0 Å². The number of piperidine rings is 2. The SMILES string of the molecule is Cc1cc(NC(=O)C(=O)N2C[C@@H](C)CC[C@@H]2c2cccc(C3CCN(C)CC3)c2)cnc1N. The second-order valence-corrected chi connectivity index (χ2v) is 9.78. The summed E-state index contributed by atoms with van der Waals surface area (Å²) in [5, 5.41) is 2.71. The summed E-state index contributed by atoms with van der Waals surface area (Å²) in [5.41, 5.74) is 9.48. The number of aryl methyl sites for hydroxylation is 1. The summed E-state index contributed by atoms with van der Waals surface area (Å²) in [6.45, 7) is 6.75. The van der Waals surface area contributed by atoms with Crippen LogP contribution >= 0.6 is 0 Å². The van der Waals surface area contributed by atoms with Gasteiger partial charge in [0.2, 0.25) is 0 Å². The highest BCUT2D eigenvalue weighted by molar-refractivity contribution is 6.39. The molecular formula is C26H35N5O2. The van der Waals surface area contributed by atoms with E-state index in [4.69, 9.17) is 5.73 Å². The molecule has 4 rings (SSSR count). The number of hydrogen-bond donors (Lipinski definition) is 2. The first-order valence-electron chi connectivity index (χ1n) is 11.9. The highest BCUT2D eigenvalue weighted by Gasteiger charge is 2.34. The van der Waals surface area contributed by atoms with Crippen molar-refractivity contribution in [2.75, 3.05) is 37.7 Å². The smallest absolute Gasteiger partial charge is 0.313 e. The lowest BCUT2D eigenvalue weighted by atomic mass is 9.85. The number of nitrogens with zero attached hydrogens (tertiary/aromatic N) is 3. The third kappa shape index (κ3) is 5.36. The van der Waals surface area contributed by atoms with Gasteiger partial charge in [-0.25, -0.2) is 4.98 Å². The van der Waals surface area contributed by atoms with E-state index in [1.165, 1.54) is 11.8 Å². The van der Waals surface area contributed by atoms with Crippen molar-refractivity contribution >= 4 is 23.3 Å². The number of benzene rings is 1. The molecule has 0 aliphatic carbocycles. The number of rotatable bonds is 3. The van der Waals surface area contributed by atoms with Crippen LogP contribution in [0.25, 0.3) is 0 Å². The van der Waals surface area contributed by atoms with Crippen LogP contribution in [0.2, 0.25) is 0 Å². The van der Waals surface area contributed by atoms with Gasteiger partial charge in [0.15, 0.2) is 0 Å². The second kappa shape index (κ2) is 9.91. The molecule has 0 saturated carbocycles. The molecule has 1 aromatic carbocycles. The largest absolute Gasteiger partial charge is 0.383 e. The van der Waals surface area contributed by atoms with Crippen LogP contribution in [-0.2, 0) is 9.59 Å². The Morgan fingerprint density at radius 2 is 1.82 bits per heavy atom. The predicted molar refractivity (Wildman–Crippen MR) is 131 cm³/mol. The van der Waals surface area contributed by atoms with Crippen molar-refractivity contribution < 1.29 is 9.59 Å². The Hall–Kier alpha value is -2.93. The number of anilines is 2. The Balaban J connectivity index is 1.52. The van der Waals surface area contributed by atoms with E-state index in [0.717, 1.165) is 49.9 Å². The monoisotopic (exact) mass is 449 g/mol. The minimum absolute atomic E-state index is 0.0862. The van der Waals surface area contributed by atoms with Gasteiger partial charge in [0.25, 0.3) is 0 Å². The molecule has 33 heavy (non-hydrogen) atoms. The summed E-state index contributed by atoms with van der Waals surface area (Å²) < 4.78 is 0. The first-order chi connectivity index (χ1) is 15.8. The van der Waals surface area contributed by atoms with Gasteiger partial charge in [-0.05, 0) is 87.3 Å². The van der Waals surface area contributed by atoms with E-state index in [2.05, 4.69) is 53.4 Å². The molecule has 2 aromatic rings. The van der Waals surface area contributed by atoms with Gasteiger partial charge in [0.1, 0.15) is 5.82 Å². The number of likely N-dealkylation sites (tertiary alicyclic amines) is 2. The van der Waals surface area contributed by atoms with Crippen LogP contribution in [0.3, 0.4) is 0 Å². The van der Waals surface area contributed by atoms with Gasteiger partial charge in [-0.2, -0.15) is 0 Å². The highest BCUT2D eigenvalue weighted by atomic mass is 16.2. The van der Waals surface area contributed by atoms with Gasteiger partial charge in [0, 0.05) is 6.54 Å². The fourth-order valence-electron chi connectivity index (χ4n) is 5.05. The van der Waals surface area contributed by atoms with Gasteiger partial charge in [-0.15, -0.1) is 0 Å². The van der Waals surface area contributed by atoms with Gasteiger partial charge in [0.05, 0.1) is 17.9 Å². The Kier molecular flexibility index (Phi) is 6.98. The zero-order chi connectivity index (χ0) is 23.5. The van der Waals surface area contributed by atoms with Gasteiger partial charge in [-0.1, -0.05) is 31.2 Å². The molecule has 0 spiro atoms. The van der Waals surface area contributed by atoms with Gasteiger partial charge >= 0.3 is 11.8 Å². The molecule has 3 N–H and O–H groups in total. The summed E-state index contributed by atoms with van der Waals surface area (Å²) in [5.74, 6) is 0.193. The van der Waals surface area contributed by atoms with Crippen molar-refractivity contribution in [3.63, 3.8) is 0 Å². The quantitative estimate of drug-likeness (QED) is 0.697. The zero-order valence-electron chi connectivity index (χ0n) is 19.9. The van der Waals surface area contributed by atoms with Gasteiger partial charge < -0.3 is 20.9 Å². The fraction of sp³-hybridized carbons (Fsp3) is 0.500. The Labute approximate surface area is 196 Å². The standard InChI is InChI=1S/C26H35N5O2/c1-17-7-8-23(21-6-4-5-20(14-21)19-9-11-30(3)12-10-19)31(16-17)26(33)25(32)29-22-13-18(2)24(27)28-15-22/h4-6,13-15,17,19,23H,7-12,16H2,1-3H3,(H2,27,28)(H,29,32)/t17-,23+/m0/s1. The first-order valence-corrected chi connectivity index (χ1v) is 11.9. The zero-order valence-corrected chi connectivity index (χ0v) is 19.9. The molecule has 176 valence electrons. The topological polar surface area (TPSA) is 91.6 Å². The maximum atomic E-state index is 13.3. The molecule has 2 saturated heterocycles. The van der Waals surface area contributed by atoms with Crippen LogP contribution in [0.15, 0.2) is 36.5 Å². The minimum Gasteiger partial charge on any atom is -0.383 e. The molecule has 7 heteroatoms. The highest BCUT2D eigenvalue weighted by Crippen LogP contribution is 2.36. The molecule has 3 heterocycles. The van der Waals surface area contributed by atoms with E-state index >= 15 is 0 Å². The lowest BCUT2D eigenvalue weighted by molar-refractivity contribution is -0.146. The number of nitrogens with two attached hydrogens (primary N) is 1. The van der Waals surface area contributed by atoms with Crippen molar-refractivity contribution in [3.05, 3.63) is 53.2 Å². The van der Waals surface area contributed by atoms with E-state index in [9.17, 15) is 9.59 Å². The van der Waals surface area contributed by atoms with Crippen molar-refractivity contribution in [1.29, 1.82) is 0 Å². The summed E-state index contributed by atoms with van der Waals surface area (Å²) in [4.78, 5) is 34.3. The number of pyridine rings is 1. The Bertz CT molecular complexity index is 1020. The molecule has 2 atom stereocenters. The fourth-order valence-corrected chi connectivity index (χ4v) is 5.05. The van der Waals surface area contributed by atoms with E-state index < -0.39 is 11.8 Å². The Morgan fingerprint density at radius 3 is 2.55 bits per heavy atom. The van der Waals surface area contributed by atoms with Crippen LogP contribution in [-0.4, -0.2) is 53.3 Å². The van der Waals surface area contributed by atoms with E-state index in [1.807, 2.05) is 6.92 Å². The average Bonchev–Trinajstić information content (AvgIpc) is 2.81. The summed E-state index contributed by atoms with van der Waals surface area (Å²) >= 11 is 0. The normalized spacial score (nSPS) is 22.2. The minimum atomic E-state index is -0.633. The lowest BCUT2D eigenvalue weighted by Crippen LogP contribution is -2.46. The molecule has 0 bridgehead atoms. The molecule has 2 amide bonds. The van der Waals surface area contributed by atoms with E-state index in [1.54, 1.807) is 11.0 Å². The van der Waals surface area contributed by atoms with Gasteiger partial charge in [-0.3, -0.25) is 9.59 Å². The molecule has 2 fully saturated rings. The van der Waals surface area contributed by atoms with Crippen molar-refractivity contribution in [1.82, 2.24) is 14.8 Å². The molecule has 2 aliphatic heterocycles. The maximum Gasteiger partial charge on any atom is 0.313 e. The number of aromatic nitrogens is 1. The molecule has 0 radical (unpaired) electrons. The van der Waals surface area contributed by atoms with Crippen LogP contribution in [0.4, 0.5) is 11.5 Å². The lowest BCUT2D eigenvalue weighted by Gasteiger charge is -2.39. The third-order valence-electron chi connectivity index (χ3n) is 7.13. The molecule has 0 unspecified atom stereocenters. The summed E-state index contributed by atoms with van der Waals surface area (Å²) in [7, 11) is 2.17. The van der Waals surface area contributed by atoms with Crippen LogP contribution in [0, 0.1) is 12.8 Å². The van der Waals surface area contributed by atoms with Crippen LogP contribution < -0.4 is 11.1 Å². The Morgan fingerprint density at radius 1 is 1.09 bits per heavy atom. The number of hydrogen-bond acceptors (Lipinski definition) is 5. The van der Waals surface area contributed by atoms with Crippen molar-refractivity contribution in [2.24, 2.45) is 5.92 Å². The molecule has 1 aromatic heterocycles. The van der Waals surface area contributed by atoms with Crippen molar-refractivity contribution in [2.45, 2.75) is 51.5 Å². The second-order valence-electron chi connectivity index (χ2n) is 9.78. The van der Waals surface area contributed by atoms with Crippen LogP contribution in [0.1, 0.15) is 61.3 Å². The third-order valence-corrected chi connectivity index (χ3v) is 7.13. The number of nitrogen functional groups attached to an aromatic ring is 1. The number of carbonyl (C=O) groups is 2. The summed E-state index contributed by atoms with van der Waals surface area (Å²) in [6.07, 6.45) is 5.69. The molecule has 2 aliphatic rings. The first kappa shape index (κ1) is 23.2. The molecular weight excluding hydrogens is 414 g/mol. The predicted octanol–water partition coefficient (Wildman–Crippen LogP) is 3.72. The summed E-state index contributed by atoms with van der Waals surface area (Å²) in [6, 6.07) is 10.3. The molecule has 7 nitrogen and oxygen atoms in total. The van der Waals surface area contributed by atoms with E-state index in [0.29, 0.717) is 29.9 Å². The number of carbonyl (C=O) groups excluding carboxylic acids is 2. The number of amides is 2. The average molecular weight is 450 g/mol. The number of nitrogens with one attached hydrogen (secondary N) is 1. The maximum absolute atomic E-state index is 13.3.